The fraction of sp³-hybridized carbons (Fsp3) is 0.167. The number of rotatable bonds is 7. The zero-order valence-corrected chi connectivity index (χ0v) is 14.9. The van der Waals surface area contributed by atoms with E-state index in [2.05, 4.69) is 15.3 Å². The minimum Gasteiger partial charge on any atom is -0.494 e. The molecule has 2 heterocycles. The SMILES string of the molecule is O=C(CCCOc1ccc(Cl)cc1)Nc1nc(-c2cccnc2)cs1. The van der Waals surface area contributed by atoms with Crippen LogP contribution in [0.15, 0.2) is 54.2 Å². The summed E-state index contributed by atoms with van der Waals surface area (Å²) in [5.74, 6) is 0.664. The number of carbonyl (C=O) groups is 1. The molecule has 2 aromatic heterocycles. The van der Waals surface area contributed by atoms with Gasteiger partial charge in [0.15, 0.2) is 5.13 Å². The molecule has 128 valence electrons. The number of nitrogens with one attached hydrogen (secondary N) is 1. The molecule has 0 bridgehead atoms. The van der Waals surface area contributed by atoms with Crippen LogP contribution in [0.4, 0.5) is 5.13 Å². The number of ether oxygens (including phenoxy) is 1. The Morgan fingerprint density at radius 1 is 1.24 bits per heavy atom. The van der Waals surface area contributed by atoms with E-state index in [1.165, 1.54) is 11.3 Å². The predicted octanol–water partition coefficient (Wildman–Crippen LogP) is 4.66. The van der Waals surface area contributed by atoms with Gasteiger partial charge < -0.3 is 10.1 Å². The lowest BCUT2D eigenvalue weighted by atomic mass is 10.2. The summed E-state index contributed by atoms with van der Waals surface area (Å²) >= 11 is 7.21. The quantitative estimate of drug-likeness (QED) is 0.612. The lowest BCUT2D eigenvalue weighted by Gasteiger charge is -2.06. The molecule has 0 saturated heterocycles. The van der Waals surface area contributed by atoms with Gasteiger partial charge >= 0.3 is 0 Å². The molecule has 0 aliphatic rings. The summed E-state index contributed by atoms with van der Waals surface area (Å²) in [5, 5.41) is 5.97. The summed E-state index contributed by atoms with van der Waals surface area (Å²) < 4.78 is 5.56. The maximum Gasteiger partial charge on any atom is 0.226 e. The number of carbonyl (C=O) groups excluding carboxylic acids is 1. The Kier molecular flexibility index (Phi) is 5.98. The van der Waals surface area contributed by atoms with Crippen LogP contribution in [0.25, 0.3) is 11.3 Å². The van der Waals surface area contributed by atoms with Crippen LogP contribution >= 0.6 is 22.9 Å². The summed E-state index contributed by atoms with van der Waals surface area (Å²) in [4.78, 5) is 20.5. The second-order valence-electron chi connectivity index (χ2n) is 5.23. The normalized spacial score (nSPS) is 10.4. The van der Waals surface area contributed by atoms with Gasteiger partial charge in [0.2, 0.25) is 5.91 Å². The molecule has 3 rings (SSSR count). The summed E-state index contributed by atoms with van der Waals surface area (Å²) in [6, 6.07) is 10.9. The van der Waals surface area contributed by atoms with E-state index in [-0.39, 0.29) is 5.91 Å². The van der Waals surface area contributed by atoms with Crippen molar-refractivity contribution in [3.8, 4) is 17.0 Å². The third-order valence-corrected chi connectivity index (χ3v) is 4.35. The summed E-state index contributed by atoms with van der Waals surface area (Å²) in [6.45, 7) is 0.466. The average Bonchev–Trinajstić information content (AvgIpc) is 3.09. The minimum atomic E-state index is -0.0770. The van der Waals surface area contributed by atoms with Crippen LogP contribution in [-0.4, -0.2) is 22.5 Å². The van der Waals surface area contributed by atoms with Crippen LogP contribution in [0, 0.1) is 0 Å². The average molecular weight is 374 g/mol. The monoisotopic (exact) mass is 373 g/mol. The van der Waals surface area contributed by atoms with Crippen molar-refractivity contribution in [1.29, 1.82) is 0 Å². The van der Waals surface area contributed by atoms with Crippen LogP contribution in [0.1, 0.15) is 12.8 Å². The number of halogens is 1. The molecule has 1 amide bonds. The Morgan fingerprint density at radius 2 is 2.08 bits per heavy atom. The number of aromatic nitrogens is 2. The smallest absolute Gasteiger partial charge is 0.226 e. The maximum absolute atomic E-state index is 12.0. The molecule has 0 fully saturated rings. The number of anilines is 1. The lowest BCUT2D eigenvalue weighted by molar-refractivity contribution is -0.116. The first kappa shape index (κ1) is 17.4. The van der Waals surface area contributed by atoms with E-state index in [0.717, 1.165) is 17.0 Å². The van der Waals surface area contributed by atoms with Crippen LogP contribution in [0.5, 0.6) is 5.75 Å². The third-order valence-electron chi connectivity index (χ3n) is 3.34. The van der Waals surface area contributed by atoms with Gasteiger partial charge in [0.25, 0.3) is 0 Å². The van der Waals surface area contributed by atoms with Crippen molar-refractivity contribution in [1.82, 2.24) is 9.97 Å². The number of pyridine rings is 1. The Balaban J connectivity index is 1.42. The van der Waals surface area contributed by atoms with E-state index in [9.17, 15) is 4.79 Å². The molecule has 0 saturated carbocycles. The molecule has 3 aromatic rings. The van der Waals surface area contributed by atoms with E-state index in [1.807, 2.05) is 17.5 Å². The number of thiazole rings is 1. The number of nitrogens with zero attached hydrogens (tertiary/aromatic N) is 2. The molecule has 5 nitrogen and oxygen atoms in total. The van der Waals surface area contributed by atoms with E-state index in [4.69, 9.17) is 16.3 Å². The minimum absolute atomic E-state index is 0.0770. The first-order valence-electron chi connectivity index (χ1n) is 7.75. The molecule has 25 heavy (non-hydrogen) atoms. The van der Waals surface area contributed by atoms with E-state index >= 15 is 0 Å². The van der Waals surface area contributed by atoms with Gasteiger partial charge in [-0.3, -0.25) is 9.78 Å². The van der Waals surface area contributed by atoms with Crippen molar-refractivity contribution in [2.75, 3.05) is 11.9 Å². The number of hydrogen-bond acceptors (Lipinski definition) is 5. The van der Waals surface area contributed by atoms with Crippen molar-refractivity contribution >= 4 is 34.0 Å². The van der Waals surface area contributed by atoms with Gasteiger partial charge in [-0.25, -0.2) is 4.98 Å². The Hall–Kier alpha value is -2.44. The predicted molar refractivity (Wildman–Crippen MR) is 100 cm³/mol. The van der Waals surface area contributed by atoms with Crippen molar-refractivity contribution in [2.24, 2.45) is 0 Å². The fourth-order valence-electron chi connectivity index (χ4n) is 2.11. The van der Waals surface area contributed by atoms with Gasteiger partial charge in [-0.1, -0.05) is 11.6 Å². The van der Waals surface area contributed by atoms with Gasteiger partial charge in [-0.05, 0) is 42.8 Å². The lowest BCUT2D eigenvalue weighted by Crippen LogP contribution is -2.12. The van der Waals surface area contributed by atoms with Gasteiger partial charge in [-0.2, -0.15) is 0 Å². The topological polar surface area (TPSA) is 64.1 Å². The highest BCUT2D eigenvalue weighted by Gasteiger charge is 2.08. The molecule has 0 spiro atoms. The molecular weight excluding hydrogens is 358 g/mol. The molecule has 0 radical (unpaired) electrons. The summed E-state index contributed by atoms with van der Waals surface area (Å²) in [6.07, 6.45) is 4.45. The zero-order chi connectivity index (χ0) is 17.5. The summed E-state index contributed by atoms with van der Waals surface area (Å²) in [5.41, 5.74) is 1.73. The summed E-state index contributed by atoms with van der Waals surface area (Å²) in [7, 11) is 0. The van der Waals surface area contributed by atoms with Crippen LogP contribution < -0.4 is 10.1 Å². The fourth-order valence-corrected chi connectivity index (χ4v) is 2.98. The molecule has 0 atom stereocenters. The molecule has 1 N–H and O–H groups in total. The van der Waals surface area contributed by atoms with Crippen molar-refractivity contribution in [2.45, 2.75) is 12.8 Å². The third kappa shape index (κ3) is 5.27. The van der Waals surface area contributed by atoms with Gasteiger partial charge in [0.1, 0.15) is 5.75 Å². The molecule has 0 unspecified atom stereocenters. The van der Waals surface area contributed by atoms with E-state index in [0.29, 0.717) is 29.6 Å². The van der Waals surface area contributed by atoms with E-state index < -0.39 is 0 Å². The van der Waals surface area contributed by atoms with Gasteiger partial charge in [0, 0.05) is 34.8 Å². The highest BCUT2D eigenvalue weighted by molar-refractivity contribution is 7.14. The number of amides is 1. The van der Waals surface area contributed by atoms with Gasteiger partial charge in [-0.15, -0.1) is 11.3 Å². The first-order valence-corrected chi connectivity index (χ1v) is 9.00. The Bertz CT molecular complexity index is 822. The molecular formula is C18H16ClN3O2S. The van der Waals surface area contributed by atoms with Crippen molar-refractivity contribution in [3.63, 3.8) is 0 Å². The molecule has 0 aliphatic carbocycles. The Labute approximate surface area is 154 Å². The van der Waals surface area contributed by atoms with Crippen molar-refractivity contribution in [3.05, 3.63) is 59.2 Å². The van der Waals surface area contributed by atoms with Gasteiger partial charge in [0.05, 0.1) is 12.3 Å². The standard InChI is InChI=1S/C18H16ClN3O2S/c19-14-5-7-15(8-6-14)24-10-2-4-17(23)22-18-21-16(12-25-18)13-3-1-9-20-11-13/h1,3,5-9,11-12H,2,4,10H2,(H,21,22,23). The first-order chi connectivity index (χ1) is 12.2. The highest BCUT2D eigenvalue weighted by atomic mass is 35.5. The molecule has 7 heteroatoms. The second-order valence-corrected chi connectivity index (χ2v) is 6.53. The highest BCUT2D eigenvalue weighted by Crippen LogP contribution is 2.24. The van der Waals surface area contributed by atoms with Crippen molar-refractivity contribution < 1.29 is 9.53 Å². The number of hydrogen-bond donors (Lipinski definition) is 1. The van der Waals surface area contributed by atoms with Crippen LogP contribution in [0.3, 0.4) is 0 Å². The maximum atomic E-state index is 12.0. The second kappa shape index (κ2) is 8.60. The molecule has 0 aliphatic heterocycles. The van der Waals surface area contributed by atoms with Crippen LogP contribution in [-0.2, 0) is 4.79 Å². The largest absolute Gasteiger partial charge is 0.494 e. The zero-order valence-electron chi connectivity index (χ0n) is 13.3. The molecule has 1 aromatic carbocycles. The van der Waals surface area contributed by atoms with Crippen LogP contribution in [0.2, 0.25) is 5.02 Å². The number of benzene rings is 1. The van der Waals surface area contributed by atoms with E-state index in [1.54, 1.807) is 36.7 Å². The Morgan fingerprint density at radius 3 is 2.84 bits per heavy atom.